The maximum Gasteiger partial charge on any atom is 0.407 e. The minimum absolute atomic E-state index is 0.342. The molecule has 1 N–H and O–H groups in total. The molecule has 0 unspecified atom stereocenters. The van der Waals surface area contributed by atoms with E-state index >= 15 is 0 Å². The molecular weight excluding hydrogens is 280 g/mol. The second kappa shape index (κ2) is 6.81. The average Bonchev–Trinajstić information content (AvgIpc) is 2.45. The molecule has 0 radical (unpaired) electrons. The van der Waals surface area contributed by atoms with Crippen molar-refractivity contribution in [3.05, 3.63) is 29.8 Å². The van der Waals surface area contributed by atoms with Gasteiger partial charge in [-0.3, -0.25) is 4.79 Å². The minimum Gasteiger partial charge on any atom is -0.444 e. The molecule has 1 heterocycles. The summed E-state index contributed by atoms with van der Waals surface area (Å²) in [7, 11) is 0. The van der Waals surface area contributed by atoms with Crippen molar-refractivity contribution in [2.45, 2.75) is 45.8 Å². The van der Waals surface area contributed by atoms with Gasteiger partial charge >= 0.3 is 6.09 Å². The van der Waals surface area contributed by atoms with Gasteiger partial charge in [-0.25, -0.2) is 4.79 Å². The number of piperidine rings is 1. The van der Waals surface area contributed by atoms with Crippen LogP contribution in [-0.2, 0) is 16.1 Å². The fourth-order valence-corrected chi connectivity index (χ4v) is 2.33. The van der Waals surface area contributed by atoms with Gasteiger partial charge in [-0.15, -0.1) is 0 Å². The number of rotatable bonds is 3. The van der Waals surface area contributed by atoms with Gasteiger partial charge in [0.1, 0.15) is 11.4 Å². The number of carbonyl (C=O) groups excluding carboxylic acids is 2. The first-order valence-electron chi connectivity index (χ1n) is 7.66. The molecule has 1 aliphatic heterocycles. The number of carbonyl (C=O) groups is 2. The van der Waals surface area contributed by atoms with E-state index in [1.165, 1.54) is 0 Å². The summed E-state index contributed by atoms with van der Waals surface area (Å²) >= 11 is 0. The monoisotopic (exact) mass is 304 g/mol. The van der Waals surface area contributed by atoms with Crippen molar-refractivity contribution < 1.29 is 14.3 Å². The van der Waals surface area contributed by atoms with E-state index in [1.807, 2.05) is 45.0 Å². The van der Waals surface area contributed by atoms with Crippen LogP contribution in [0.15, 0.2) is 24.3 Å². The van der Waals surface area contributed by atoms with Crippen molar-refractivity contribution in [1.29, 1.82) is 0 Å². The lowest BCUT2D eigenvalue weighted by Crippen LogP contribution is -2.33. The fourth-order valence-electron chi connectivity index (χ4n) is 2.33. The van der Waals surface area contributed by atoms with Gasteiger partial charge in [0.15, 0.2) is 0 Å². The lowest BCUT2D eigenvalue weighted by Gasteiger charge is -2.28. The number of anilines is 1. The van der Waals surface area contributed by atoms with Crippen LogP contribution in [0.1, 0.15) is 39.2 Å². The van der Waals surface area contributed by atoms with E-state index in [0.29, 0.717) is 25.2 Å². The predicted octanol–water partition coefficient (Wildman–Crippen LogP) is 2.88. The van der Waals surface area contributed by atoms with Crippen LogP contribution in [0.4, 0.5) is 10.5 Å². The average molecular weight is 304 g/mol. The molecule has 2 rings (SSSR count). The lowest BCUT2D eigenvalue weighted by atomic mass is 10.1. The molecule has 1 aromatic carbocycles. The van der Waals surface area contributed by atoms with E-state index in [9.17, 15) is 9.59 Å². The zero-order valence-electron chi connectivity index (χ0n) is 13.5. The number of amides is 1. The summed E-state index contributed by atoms with van der Waals surface area (Å²) < 4.78 is 5.20. The number of hydrogen-bond acceptors (Lipinski definition) is 4. The van der Waals surface area contributed by atoms with Crippen molar-refractivity contribution >= 4 is 17.6 Å². The molecule has 0 atom stereocenters. The zero-order valence-corrected chi connectivity index (χ0v) is 13.5. The quantitative estimate of drug-likeness (QED) is 0.933. The summed E-state index contributed by atoms with van der Waals surface area (Å²) in [4.78, 5) is 25.1. The second-order valence-electron chi connectivity index (χ2n) is 6.55. The zero-order chi connectivity index (χ0) is 16.2. The molecule has 0 aliphatic carbocycles. The van der Waals surface area contributed by atoms with E-state index in [-0.39, 0.29) is 0 Å². The van der Waals surface area contributed by atoms with Gasteiger partial charge in [0.2, 0.25) is 0 Å². The molecule has 1 fully saturated rings. The first-order valence-corrected chi connectivity index (χ1v) is 7.66. The van der Waals surface area contributed by atoms with E-state index in [2.05, 4.69) is 10.2 Å². The number of nitrogens with zero attached hydrogens (tertiary/aromatic N) is 1. The van der Waals surface area contributed by atoms with Crippen molar-refractivity contribution in [3.8, 4) is 0 Å². The molecule has 22 heavy (non-hydrogen) atoms. The summed E-state index contributed by atoms with van der Waals surface area (Å²) in [5, 5.41) is 2.74. The van der Waals surface area contributed by atoms with Crippen LogP contribution in [0.5, 0.6) is 0 Å². The summed E-state index contributed by atoms with van der Waals surface area (Å²) in [5.41, 5.74) is 1.65. The minimum atomic E-state index is -0.486. The highest BCUT2D eigenvalue weighted by atomic mass is 16.6. The Morgan fingerprint density at radius 2 is 1.77 bits per heavy atom. The molecule has 1 saturated heterocycles. The van der Waals surface area contributed by atoms with Crippen molar-refractivity contribution in [2.75, 3.05) is 18.0 Å². The third kappa shape index (κ3) is 5.06. The summed E-state index contributed by atoms with van der Waals surface area (Å²) in [6.45, 7) is 7.52. The molecule has 5 nitrogen and oxygen atoms in total. The number of hydrogen-bond donors (Lipinski definition) is 1. The Bertz CT molecular complexity index is 522. The van der Waals surface area contributed by atoms with Crippen LogP contribution < -0.4 is 10.2 Å². The molecular formula is C17H24N2O3. The van der Waals surface area contributed by atoms with Crippen molar-refractivity contribution in [2.24, 2.45) is 0 Å². The van der Waals surface area contributed by atoms with Gasteiger partial charge in [0, 0.05) is 38.2 Å². The molecule has 1 aromatic rings. The number of benzene rings is 1. The SMILES string of the molecule is CC(C)(C)OC(=O)NCc1ccc(N2CCC(=O)CC2)cc1. The first-order chi connectivity index (χ1) is 10.3. The number of Topliss-reactive ketones (excluding diaryl/α,β-unsaturated/α-hetero) is 1. The van der Waals surface area contributed by atoms with Gasteiger partial charge in [0.25, 0.3) is 0 Å². The highest BCUT2D eigenvalue weighted by Crippen LogP contribution is 2.19. The molecule has 0 saturated carbocycles. The Balaban J connectivity index is 1.84. The Kier molecular flexibility index (Phi) is 5.06. The maximum atomic E-state index is 11.6. The smallest absolute Gasteiger partial charge is 0.407 e. The van der Waals surface area contributed by atoms with Crippen LogP contribution >= 0.6 is 0 Å². The topological polar surface area (TPSA) is 58.6 Å². The van der Waals surface area contributed by atoms with Gasteiger partial charge in [-0.1, -0.05) is 12.1 Å². The van der Waals surface area contributed by atoms with E-state index in [1.54, 1.807) is 0 Å². The summed E-state index contributed by atoms with van der Waals surface area (Å²) in [6, 6.07) is 8.04. The van der Waals surface area contributed by atoms with Crippen LogP contribution in [-0.4, -0.2) is 30.6 Å². The Labute approximate surface area is 131 Å². The van der Waals surface area contributed by atoms with Crippen LogP contribution in [0.2, 0.25) is 0 Å². The largest absolute Gasteiger partial charge is 0.444 e. The van der Waals surface area contributed by atoms with Gasteiger partial charge in [-0.2, -0.15) is 0 Å². The number of ether oxygens (including phenoxy) is 1. The maximum absolute atomic E-state index is 11.6. The Hall–Kier alpha value is -2.04. The Morgan fingerprint density at radius 3 is 2.32 bits per heavy atom. The molecule has 1 aliphatic rings. The molecule has 0 spiro atoms. The highest BCUT2D eigenvalue weighted by Gasteiger charge is 2.17. The van der Waals surface area contributed by atoms with E-state index in [0.717, 1.165) is 24.3 Å². The van der Waals surface area contributed by atoms with Crippen LogP contribution in [0.25, 0.3) is 0 Å². The van der Waals surface area contributed by atoms with E-state index < -0.39 is 11.7 Å². The summed E-state index contributed by atoms with van der Waals surface area (Å²) in [5.74, 6) is 0.342. The van der Waals surface area contributed by atoms with Crippen molar-refractivity contribution in [1.82, 2.24) is 5.32 Å². The Morgan fingerprint density at radius 1 is 1.18 bits per heavy atom. The number of nitrogens with one attached hydrogen (secondary N) is 1. The predicted molar refractivity (Wildman–Crippen MR) is 86.0 cm³/mol. The molecule has 0 aromatic heterocycles. The van der Waals surface area contributed by atoms with Crippen LogP contribution in [0, 0.1) is 0 Å². The fraction of sp³-hybridized carbons (Fsp3) is 0.529. The van der Waals surface area contributed by atoms with Gasteiger partial charge in [-0.05, 0) is 38.5 Å². The molecule has 1 amide bonds. The molecule has 5 heteroatoms. The highest BCUT2D eigenvalue weighted by molar-refractivity contribution is 5.81. The summed E-state index contributed by atoms with van der Waals surface area (Å²) in [6.07, 6.45) is 0.843. The normalized spacial score (nSPS) is 15.6. The third-order valence-corrected chi connectivity index (χ3v) is 3.46. The first kappa shape index (κ1) is 16.3. The lowest BCUT2D eigenvalue weighted by molar-refractivity contribution is -0.119. The second-order valence-corrected chi connectivity index (χ2v) is 6.55. The van der Waals surface area contributed by atoms with Crippen LogP contribution in [0.3, 0.4) is 0 Å². The standard InChI is InChI=1S/C17H24N2O3/c1-17(2,3)22-16(21)18-12-13-4-6-14(7-5-13)19-10-8-15(20)9-11-19/h4-7H,8-12H2,1-3H3,(H,18,21). The molecule has 0 bridgehead atoms. The van der Waals surface area contributed by atoms with Crippen molar-refractivity contribution in [3.63, 3.8) is 0 Å². The number of alkyl carbamates (subject to hydrolysis) is 1. The number of ketones is 1. The van der Waals surface area contributed by atoms with E-state index in [4.69, 9.17) is 4.74 Å². The molecule has 120 valence electrons. The third-order valence-electron chi connectivity index (χ3n) is 3.46. The van der Waals surface area contributed by atoms with Gasteiger partial charge in [0.05, 0.1) is 0 Å². The van der Waals surface area contributed by atoms with Gasteiger partial charge < -0.3 is 15.0 Å².